The minimum Gasteiger partial charge on any atom is -0.378 e. The summed E-state index contributed by atoms with van der Waals surface area (Å²) in [5.74, 6) is 2.56. The number of pyridine rings is 1. The number of carbonyl (C=O) groups is 1. The molecular formula is C30H43N7O3Si. The van der Waals surface area contributed by atoms with Crippen molar-refractivity contribution in [3.05, 3.63) is 58.6 Å². The number of ether oxygens (including phenoxy) is 2. The molecule has 2 fully saturated rings. The number of carbonyl (C=O) groups excluding carboxylic acids is 1. The molecule has 3 aliphatic rings. The van der Waals surface area contributed by atoms with E-state index in [-0.39, 0.29) is 18.7 Å². The molecule has 41 heavy (non-hydrogen) atoms. The first-order valence-electron chi connectivity index (χ1n) is 14.9. The summed E-state index contributed by atoms with van der Waals surface area (Å²) in [6.45, 7) is 10.5. The van der Waals surface area contributed by atoms with Gasteiger partial charge in [0.25, 0.3) is 5.91 Å². The minimum absolute atomic E-state index is 0.0972. The molecule has 0 spiro atoms. The molecule has 0 aromatic carbocycles. The van der Waals surface area contributed by atoms with E-state index in [1.54, 1.807) is 11.8 Å². The Bertz CT molecular complexity index is 1400. The van der Waals surface area contributed by atoms with E-state index < -0.39 is 8.07 Å². The third-order valence-corrected chi connectivity index (χ3v) is 10.4. The number of hydrogen-bond acceptors (Lipinski definition) is 7. The highest BCUT2D eigenvalue weighted by atomic mass is 28.3. The van der Waals surface area contributed by atoms with E-state index in [1.165, 1.54) is 12.1 Å². The van der Waals surface area contributed by atoms with Crippen molar-refractivity contribution in [2.24, 2.45) is 18.9 Å². The number of hydrogen-bond donors (Lipinski definition) is 1. The maximum atomic E-state index is 13.6. The molecule has 6 rings (SSSR count). The fourth-order valence-corrected chi connectivity index (χ4v) is 6.88. The minimum atomic E-state index is -1.23. The molecule has 3 aromatic rings. The third-order valence-electron chi connectivity index (χ3n) is 8.68. The van der Waals surface area contributed by atoms with Gasteiger partial charge in [0.1, 0.15) is 18.2 Å². The molecule has 1 saturated heterocycles. The number of nitrogens with one attached hydrogen (secondary N) is 1. The molecule has 2 unspecified atom stereocenters. The number of imidazole rings is 1. The van der Waals surface area contributed by atoms with E-state index in [9.17, 15) is 4.79 Å². The molecule has 1 amide bonds. The summed E-state index contributed by atoms with van der Waals surface area (Å²) in [6.07, 6.45) is 5.51. The van der Waals surface area contributed by atoms with Crippen LogP contribution < -0.4 is 10.2 Å². The van der Waals surface area contributed by atoms with Gasteiger partial charge in [-0.25, -0.2) is 14.6 Å². The van der Waals surface area contributed by atoms with Gasteiger partial charge in [0.05, 0.1) is 36.1 Å². The fraction of sp³-hybridized carbons (Fsp3) is 0.600. The summed E-state index contributed by atoms with van der Waals surface area (Å²) in [7, 11) is 2.48. The zero-order valence-corrected chi connectivity index (χ0v) is 26.0. The zero-order valence-electron chi connectivity index (χ0n) is 25.0. The average Bonchev–Trinajstić information content (AvgIpc) is 3.34. The van der Waals surface area contributed by atoms with Crippen LogP contribution in [0.1, 0.15) is 57.7 Å². The lowest BCUT2D eigenvalue weighted by molar-refractivity contribution is 0.0714. The Morgan fingerprint density at radius 2 is 2.00 bits per heavy atom. The van der Waals surface area contributed by atoms with Crippen molar-refractivity contribution in [3.63, 3.8) is 0 Å². The van der Waals surface area contributed by atoms with Crippen molar-refractivity contribution in [1.29, 1.82) is 0 Å². The van der Waals surface area contributed by atoms with Crippen LogP contribution >= 0.6 is 0 Å². The maximum Gasteiger partial charge on any atom is 0.270 e. The molecule has 1 saturated carbocycles. The van der Waals surface area contributed by atoms with Crippen molar-refractivity contribution >= 4 is 19.8 Å². The number of nitrogens with zero attached hydrogens (tertiary/aromatic N) is 6. The van der Waals surface area contributed by atoms with Crippen molar-refractivity contribution in [2.75, 3.05) is 31.7 Å². The second-order valence-electron chi connectivity index (χ2n) is 13.2. The van der Waals surface area contributed by atoms with Crippen LogP contribution in [0.25, 0.3) is 0 Å². The highest BCUT2D eigenvalue weighted by Crippen LogP contribution is 2.46. The molecule has 2 aliphatic carbocycles. The Balaban J connectivity index is 1.21. The molecule has 0 radical (unpaired) electrons. The van der Waals surface area contributed by atoms with Crippen LogP contribution in [0.15, 0.2) is 24.5 Å². The van der Waals surface area contributed by atoms with Crippen LogP contribution in [0.3, 0.4) is 0 Å². The first-order chi connectivity index (χ1) is 19.7. The number of methoxy groups -OCH3 is 1. The SMILES string of the molecule is COCc1nc(N2CC3CC3C2)ccc1Cc1cc(C(=O)N[C@@H]2CCc3c2ncn3C)n(COCC[Si](C)(C)C)n1. The number of aromatic nitrogens is 5. The van der Waals surface area contributed by atoms with Crippen molar-refractivity contribution in [2.45, 2.75) is 70.7 Å². The molecule has 10 nitrogen and oxygen atoms in total. The number of piperidine rings is 1. The highest BCUT2D eigenvalue weighted by Gasteiger charge is 2.45. The van der Waals surface area contributed by atoms with Crippen LogP contribution in [0.2, 0.25) is 25.7 Å². The largest absolute Gasteiger partial charge is 0.378 e. The number of fused-ring (bicyclic) bond motifs is 2. The summed E-state index contributed by atoms with van der Waals surface area (Å²) >= 11 is 0. The van der Waals surface area contributed by atoms with Gasteiger partial charge in [-0.2, -0.15) is 5.10 Å². The van der Waals surface area contributed by atoms with E-state index >= 15 is 0 Å². The van der Waals surface area contributed by atoms with Gasteiger partial charge in [0.2, 0.25) is 0 Å². The Kier molecular flexibility index (Phi) is 7.77. The standard InChI is InChI=1S/C30H43N7O3Si/c1-35-18-31-29-24(7-8-26(29)35)33-30(38)27-14-23(34-37(27)19-40-10-11-41(3,4)5)13-20-6-9-28(32-25(20)17-39-2)36-15-21-12-22(21)16-36/h6,9,14,18,21-22,24H,7-8,10-13,15-17,19H2,1-5H3,(H,33,38)/t21?,22?,24-/m1/s1. The first kappa shape index (κ1) is 28.1. The molecule has 0 bridgehead atoms. The fourth-order valence-electron chi connectivity index (χ4n) is 6.12. The van der Waals surface area contributed by atoms with Crippen LogP contribution in [0.4, 0.5) is 5.82 Å². The Morgan fingerprint density at radius 3 is 2.76 bits per heavy atom. The zero-order chi connectivity index (χ0) is 28.7. The molecule has 11 heteroatoms. The normalized spacial score (nSPS) is 21.3. The third kappa shape index (κ3) is 6.26. The number of aryl methyl sites for hydroxylation is 1. The van der Waals surface area contributed by atoms with E-state index in [4.69, 9.17) is 19.6 Å². The maximum absolute atomic E-state index is 13.6. The highest BCUT2D eigenvalue weighted by molar-refractivity contribution is 6.76. The predicted molar refractivity (Wildman–Crippen MR) is 160 cm³/mol. The lowest BCUT2D eigenvalue weighted by Gasteiger charge is -2.20. The van der Waals surface area contributed by atoms with Crippen molar-refractivity contribution < 1.29 is 14.3 Å². The lowest BCUT2D eigenvalue weighted by Crippen LogP contribution is -2.30. The number of rotatable bonds is 12. The van der Waals surface area contributed by atoms with Crippen molar-refractivity contribution in [3.8, 4) is 0 Å². The van der Waals surface area contributed by atoms with Gasteiger partial charge in [-0.1, -0.05) is 25.7 Å². The molecular weight excluding hydrogens is 534 g/mol. The van der Waals surface area contributed by atoms with E-state index in [1.807, 2.05) is 24.0 Å². The summed E-state index contributed by atoms with van der Waals surface area (Å²) in [4.78, 5) is 25.5. The quantitative estimate of drug-likeness (QED) is 0.257. The van der Waals surface area contributed by atoms with Gasteiger partial charge in [0.15, 0.2) is 0 Å². The van der Waals surface area contributed by atoms with Crippen LogP contribution in [-0.4, -0.2) is 65.1 Å². The Morgan fingerprint density at radius 1 is 1.20 bits per heavy atom. The van der Waals surface area contributed by atoms with Gasteiger partial charge >= 0.3 is 0 Å². The Labute approximate surface area is 243 Å². The monoisotopic (exact) mass is 577 g/mol. The molecule has 3 aromatic heterocycles. The summed E-state index contributed by atoms with van der Waals surface area (Å²) in [6, 6.07) is 7.12. The van der Waals surface area contributed by atoms with Crippen LogP contribution in [0.5, 0.6) is 0 Å². The first-order valence-corrected chi connectivity index (χ1v) is 18.6. The number of anilines is 1. The topological polar surface area (TPSA) is 99.3 Å². The second kappa shape index (κ2) is 11.3. The van der Waals surface area contributed by atoms with Gasteiger partial charge in [-0.3, -0.25) is 4.79 Å². The smallest absolute Gasteiger partial charge is 0.270 e. The summed E-state index contributed by atoms with van der Waals surface area (Å²) in [5.41, 5.74) is 5.45. The molecule has 1 N–H and O–H groups in total. The lowest BCUT2D eigenvalue weighted by atomic mass is 10.1. The van der Waals surface area contributed by atoms with E-state index in [0.717, 1.165) is 72.3 Å². The molecule has 3 atom stereocenters. The summed E-state index contributed by atoms with van der Waals surface area (Å²) in [5, 5.41) is 8.06. The van der Waals surface area contributed by atoms with E-state index in [2.05, 4.69) is 47.0 Å². The Hall–Kier alpha value is -3.02. The average molecular weight is 578 g/mol. The van der Waals surface area contributed by atoms with Crippen molar-refractivity contribution in [1.82, 2.24) is 29.6 Å². The molecule has 4 heterocycles. The van der Waals surface area contributed by atoms with Gasteiger partial charge in [-0.05, 0) is 54.8 Å². The second-order valence-corrected chi connectivity index (χ2v) is 18.8. The van der Waals surface area contributed by atoms with Gasteiger partial charge in [-0.15, -0.1) is 0 Å². The predicted octanol–water partition coefficient (Wildman–Crippen LogP) is 3.93. The molecule has 220 valence electrons. The van der Waals surface area contributed by atoms with Gasteiger partial charge < -0.3 is 24.3 Å². The molecule has 1 aliphatic heterocycles. The number of amides is 1. The van der Waals surface area contributed by atoms with Crippen LogP contribution in [0, 0.1) is 11.8 Å². The van der Waals surface area contributed by atoms with E-state index in [0.29, 0.717) is 25.3 Å². The summed E-state index contributed by atoms with van der Waals surface area (Å²) < 4.78 is 15.3. The van der Waals surface area contributed by atoms with Gasteiger partial charge in [0, 0.05) is 54.0 Å². The van der Waals surface area contributed by atoms with Crippen LogP contribution in [-0.2, 0) is 42.7 Å².